The molecule has 6 nitrogen and oxygen atoms in total. The molecule has 1 aromatic heterocycles. The van der Waals surface area contributed by atoms with Crippen LogP contribution in [0, 0.1) is 0 Å². The molecule has 7 heteroatoms. The summed E-state index contributed by atoms with van der Waals surface area (Å²) in [5.41, 5.74) is 5.91. The molecule has 0 unspecified atom stereocenters. The highest BCUT2D eigenvalue weighted by Gasteiger charge is 2.33. The van der Waals surface area contributed by atoms with E-state index in [0.717, 1.165) is 32.1 Å². The molecular weight excluding hydrogens is 276 g/mol. The molecule has 0 atom stereocenters. The van der Waals surface area contributed by atoms with Crippen LogP contribution in [0.1, 0.15) is 39.0 Å². The van der Waals surface area contributed by atoms with Crippen molar-refractivity contribution in [2.75, 3.05) is 6.54 Å². The lowest BCUT2D eigenvalue weighted by Crippen LogP contribution is -2.44. The van der Waals surface area contributed by atoms with Gasteiger partial charge in [-0.15, -0.1) is 0 Å². The maximum Gasteiger partial charge on any atom is 0.246 e. The molecule has 0 aliphatic heterocycles. The van der Waals surface area contributed by atoms with Gasteiger partial charge in [-0.25, -0.2) is 8.42 Å². The summed E-state index contributed by atoms with van der Waals surface area (Å²) >= 11 is 0. The molecule has 1 fully saturated rings. The third kappa shape index (κ3) is 3.21. The summed E-state index contributed by atoms with van der Waals surface area (Å²) in [7, 11) is -1.73. The topological polar surface area (TPSA) is 81.2 Å². The lowest BCUT2D eigenvalue weighted by molar-refractivity contribution is 0.240. The average Bonchev–Trinajstić information content (AvgIpc) is 2.84. The van der Waals surface area contributed by atoms with Crippen LogP contribution < -0.4 is 5.73 Å². The Labute approximate surface area is 121 Å². The van der Waals surface area contributed by atoms with Gasteiger partial charge < -0.3 is 5.73 Å². The van der Waals surface area contributed by atoms with Crippen molar-refractivity contribution in [3.8, 4) is 0 Å². The van der Waals surface area contributed by atoms with E-state index in [1.807, 2.05) is 6.92 Å². The summed E-state index contributed by atoms with van der Waals surface area (Å²) in [6.45, 7) is 2.55. The van der Waals surface area contributed by atoms with Crippen LogP contribution in [-0.4, -0.2) is 41.1 Å². The van der Waals surface area contributed by atoms with Crippen LogP contribution in [0.15, 0.2) is 17.3 Å². The summed E-state index contributed by atoms with van der Waals surface area (Å²) in [6, 6.07) is 0.288. The Morgan fingerprint density at radius 1 is 1.40 bits per heavy atom. The molecule has 0 spiro atoms. The largest absolute Gasteiger partial charge is 0.328 e. The van der Waals surface area contributed by atoms with Crippen molar-refractivity contribution in [1.82, 2.24) is 14.1 Å². The zero-order valence-corrected chi connectivity index (χ0v) is 13.0. The Morgan fingerprint density at radius 3 is 2.55 bits per heavy atom. The summed E-state index contributed by atoms with van der Waals surface area (Å²) < 4.78 is 28.7. The molecule has 1 saturated carbocycles. The standard InChI is InChI=1S/C13H24N4O2S/c1-3-8-17(12-6-4-11(14)5-7-12)20(18,19)13-9-15-16(2)10-13/h9-12H,3-8,14H2,1-2H3. The molecule has 2 rings (SSSR count). The zero-order valence-electron chi connectivity index (χ0n) is 12.2. The van der Waals surface area contributed by atoms with Crippen LogP contribution in [0.2, 0.25) is 0 Å². The van der Waals surface area contributed by atoms with E-state index >= 15 is 0 Å². The van der Waals surface area contributed by atoms with Gasteiger partial charge in [0, 0.05) is 31.9 Å². The summed E-state index contributed by atoms with van der Waals surface area (Å²) in [5.74, 6) is 0. The van der Waals surface area contributed by atoms with Crippen LogP contribution in [0.3, 0.4) is 0 Å². The average molecular weight is 300 g/mol. The summed E-state index contributed by atoms with van der Waals surface area (Å²) in [5, 5.41) is 3.97. The van der Waals surface area contributed by atoms with Crippen molar-refractivity contribution in [3.63, 3.8) is 0 Å². The van der Waals surface area contributed by atoms with Crippen LogP contribution in [0.5, 0.6) is 0 Å². The van der Waals surface area contributed by atoms with E-state index in [4.69, 9.17) is 5.73 Å². The first kappa shape index (κ1) is 15.5. The van der Waals surface area contributed by atoms with E-state index < -0.39 is 10.0 Å². The van der Waals surface area contributed by atoms with E-state index in [2.05, 4.69) is 5.10 Å². The Kier molecular flexibility index (Phi) is 4.82. The van der Waals surface area contributed by atoms with E-state index in [1.54, 1.807) is 17.5 Å². The van der Waals surface area contributed by atoms with Gasteiger partial charge in [0.25, 0.3) is 0 Å². The first-order chi connectivity index (χ1) is 9.45. The van der Waals surface area contributed by atoms with Crippen molar-refractivity contribution >= 4 is 10.0 Å². The molecule has 0 radical (unpaired) electrons. The fourth-order valence-corrected chi connectivity index (χ4v) is 4.54. The fourth-order valence-electron chi connectivity index (χ4n) is 2.78. The third-order valence-electron chi connectivity index (χ3n) is 3.88. The molecule has 20 heavy (non-hydrogen) atoms. The van der Waals surface area contributed by atoms with E-state index in [-0.39, 0.29) is 17.0 Å². The SMILES string of the molecule is CCCN(C1CCC(N)CC1)S(=O)(=O)c1cnn(C)c1. The van der Waals surface area contributed by atoms with Gasteiger partial charge in [0.1, 0.15) is 4.90 Å². The quantitative estimate of drug-likeness (QED) is 0.882. The molecule has 0 saturated heterocycles. The maximum absolute atomic E-state index is 12.8. The highest BCUT2D eigenvalue weighted by Crippen LogP contribution is 2.27. The first-order valence-corrected chi connectivity index (χ1v) is 8.65. The smallest absolute Gasteiger partial charge is 0.246 e. The van der Waals surface area contributed by atoms with Crippen LogP contribution in [-0.2, 0) is 17.1 Å². The molecule has 2 N–H and O–H groups in total. The number of rotatable bonds is 5. The maximum atomic E-state index is 12.8. The highest BCUT2D eigenvalue weighted by molar-refractivity contribution is 7.89. The van der Waals surface area contributed by atoms with Crippen molar-refractivity contribution in [1.29, 1.82) is 0 Å². The number of nitrogens with zero attached hydrogens (tertiary/aromatic N) is 3. The first-order valence-electron chi connectivity index (χ1n) is 7.21. The van der Waals surface area contributed by atoms with Gasteiger partial charge in [0.15, 0.2) is 0 Å². The monoisotopic (exact) mass is 300 g/mol. The third-order valence-corrected chi connectivity index (χ3v) is 5.79. The molecule has 114 valence electrons. The van der Waals surface area contributed by atoms with Crippen molar-refractivity contribution in [2.45, 2.75) is 56.0 Å². The molecule has 0 aromatic carbocycles. The molecule has 1 aromatic rings. The van der Waals surface area contributed by atoms with Crippen molar-refractivity contribution in [2.24, 2.45) is 12.8 Å². The second-order valence-electron chi connectivity index (χ2n) is 5.53. The zero-order chi connectivity index (χ0) is 14.8. The molecule has 0 bridgehead atoms. The predicted octanol–water partition coefficient (Wildman–Crippen LogP) is 1.09. The Hall–Kier alpha value is -0.920. The Bertz CT molecular complexity index is 532. The van der Waals surface area contributed by atoms with Gasteiger partial charge >= 0.3 is 0 Å². The normalized spacial score (nSPS) is 24.2. The molecule has 1 aliphatic rings. The minimum absolute atomic E-state index is 0.0694. The Balaban J connectivity index is 2.23. The minimum Gasteiger partial charge on any atom is -0.328 e. The van der Waals surface area contributed by atoms with Crippen LogP contribution >= 0.6 is 0 Å². The lowest BCUT2D eigenvalue weighted by Gasteiger charge is -2.34. The van der Waals surface area contributed by atoms with E-state index in [9.17, 15) is 8.42 Å². The summed E-state index contributed by atoms with van der Waals surface area (Å²) in [4.78, 5) is 0.281. The second-order valence-corrected chi connectivity index (χ2v) is 7.42. The molecule has 1 aliphatic carbocycles. The molecular formula is C13H24N4O2S. The van der Waals surface area contributed by atoms with Crippen LogP contribution in [0.25, 0.3) is 0 Å². The number of aryl methyl sites for hydroxylation is 1. The number of sulfonamides is 1. The van der Waals surface area contributed by atoms with Gasteiger partial charge in [0.2, 0.25) is 10.0 Å². The van der Waals surface area contributed by atoms with Gasteiger partial charge in [0.05, 0.1) is 6.20 Å². The number of nitrogens with two attached hydrogens (primary N) is 1. The van der Waals surface area contributed by atoms with Gasteiger partial charge in [-0.2, -0.15) is 9.40 Å². The minimum atomic E-state index is -3.45. The van der Waals surface area contributed by atoms with E-state index in [0.29, 0.717) is 6.54 Å². The lowest BCUT2D eigenvalue weighted by atomic mass is 9.92. The highest BCUT2D eigenvalue weighted by atomic mass is 32.2. The second kappa shape index (κ2) is 6.24. The van der Waals surface area contributed by atoms with E-state index in [1.165, 1.54) is 10.9 Å². The van der Waals surface area contributed by atoms with Crippen molar-refractivity contribution in [3.05, 3.63) is 12.4 Å². The Morgan fingerprint density at radius 2 is 2.05 bits per heavy atom. The van der Waals surface area contributed by atoms with Gasteiger partial charge in [-0.3, -0.25) is 4.68 Å². The molecule has 0 amide bonds. The van der Waals surface area contributed by atoms with Gasteiger partial charge in [-0.05, 0) is 32.1 Å². The fraction of sp³-hybridized carbons (Fsp3) is 0.769. The number of hydrogen-bond acceptors (Lipinski definition) is 4. The van der Waals surface area contributed by atoms with Crippen molar-refractivity contribution < 1.29 is 8.42 Å². The number of aromatic nitrogens is 2. The summed E-state index contributed by atoms with van der Waals surface area (Å²) in [6.07, 6.45) is 7.28. The predicted molar refractivity (Wildman–Crippen MR) is 77.6 cm³/mol. The van der Waals surface area contributed by atoms with Gasteiger partial charge in [-0.1, -0.05) is 6.92 Å². The molecule has 1 heterocycles. The number of hydrogen-bond donors (Lipinski definition) is 1. The van der Waals surface area contributed by atoms with Crippen LogP contribution in [0.4, 0.5) is 0 Å².